The molecule has 3 aromatic heterocycles. The summed E-state index contributed by atoms with van der Waals surface area (Å²) in [4.78, 5) is 22.7. The van der Waals surface area contributed by atoms with Gasteiger partial charge in [0.2, 0.25) is 0 Å². The third kappa shape index (κ3) is 6.00. The number of aromatic amines is 1. The number of carboxylic acid groups (broad SMARTS) is 1. The van der Waals surface area contributed by atoms with E-state index in [1.165, 1.54) is 0 Å². The van der Waals surface area contributed by atoms with E-state index in [0.717, 1.165) is 22.5 Å². The number of benzene rings is 1. The molecule has 3 heterocycles. The Labute approximate surface area is 202 Å². The number of nitrogens with zero attached hydrogens (tertiary/aromatic N) is 5. The highest BCUT2D eigenvalue weighted by molar-refractivity contribution is 7.71. The van der Waals surface area contributed by atoms with Crippen molar-refractivity contribution < 1.29 is 9.90 Å². The van der Waals surface area contributed by atoms with Crippen LogP contribution in [0.4, 0.5) is 0 Å². The molecule has 4 aromatic rings. The Morgan fingerprint density at radius 1 is 1.00 bits per heavy atom. The van der Waals surface area contributed by atoms with Crippen molar-refractivity contribution in [3.63, 3.8) is 0 Å². The molecule has 0 radical (unpaired) electrons. The Morgan fingerprint density at radius 2 is 1.65 bits per heavy atom. The molecule has 0 amide bonds. The lowest BCUT2D eigenvalue weighted by Gasteiger charge is -2.29. The summed E-state index contributed by atoms with van der Waals surface area (Å²) in [6.07, 6.45) is 8.04. The highest BCUT2D eigenvalue weighted by Crippen LogP contribution is 2.20. The van der Waals surface area contributed by atoms with Crippen molar-refractivity contribution in [2.24, 2.45) is 0 Å². The van der Waals surface area contributed by atoms with Gasteiger partial charge in [0.15, 0.2) is 10.6 Å². The summed E-state index contributed by atoms with van der Waals surface area (Å²) in [5.41, 5.74) is 2.88. The van der Waals surface area contributed by atoms with Gasteiger partial charge in [0.1, 0.15) is 6.04 Å². The zero-order valence-electron chi connectivity index (χ0n) is 18.6. The van der Waals surface area contributed by atoms with Crippen molar-refractivity contribution in [1.29, 1.82) is 0 Å². The molecule has 174 valence electrons. The van der Waals surface area contributed by atoms with Crippen LogP contribution in [0.5, 0.6) is 0 Å². The number of hydrogen-bond acceptors (Lipinski definition) is 6. The smallest absolute Gasteiger partial charge is 0.320 e. The molecular formula is C25H26N6O2S. The van der Waals surface area contributed by atoms with Gasteiger partial charge < -0.3 is 9.67 Å². The summed E-state index contributed by atoms with van der Waals surface area (Å²) >= 11 is 5.43. The SMILES string of the molecule is O=C(O)[C@H](CCCn1c(-c2ccccc2)n[nH]c1=S)N(Cc1cccnc1)Cc1cccnc1. The molecule has 0 spiro atoms. The molecule has 0 saturated heterocycles. The number of rotatable bonds is 11. The maximum absolute atomic E-state index is 12.4. The number of aliphatic carboxylic acids is 1. The van der Waals surface area contributed by atoms with Crippen LogP contribution in [0.2, 0.25) is 0 Å². The molecule has 0 bridgehead atoms. The third-order valence-electron chi connectivity index (χ3n) is 5.59. The van der Waals surface area contributed by atoms with Crippen molar-refractivity contribution in [2.75, 3.05) is 0 Å². The number of carboxylic acids is 1. The molecule has 4 rings (SSSR count). The molecule has 0 aliphatic rings. The summed E-state index contributed by atoms with van der Waals surface area (Å²) in [5.74, 6) is -0.105. The van der Waals surface area contributed by atoms with E-state index >= 15 is 0 Å². The second-order valence-corrected chi connectivity index (χ2v) is 8.38. The fourth-order valence-electron chi connectivity index (χ4n) is 3.97. The highest BCUT2D eigenvalue weighted by Gasteiger charge is 2.26. The minimum Gasteiger partial charge on any atom is -0.480 e. The fourth-order valence-corrected chi connectivity index (χ4v) is 4.19. The van der Waals surface area contributed by atoms with Crippen LogP contribution in [-0.4, -0.2) is 46.8 Å². The molecule has 0 saturated carbocycles. The average Bonchev–Trinajstić information content (AvgIpc) is 3.23. The van der Waals surface area contributed by atoms with Crippen LogP contribution in [0.3, 0.4) is 0 Å². The van der Waals surface area contributed by atoms with E-state index in [9.17, 15) is 9.90 Å². The van der Waals surface area contributed by atoms with Gasteiger partial charge in [-0.05, 0) is 48.3 Å². The van der Waals surface area contributed by atoms with Crippen LogP contribution >= 0.6 is 12.2 Å². The van der Waals surface area contributed by atoms with Gasteiger partial charge in [0.05, 0.1) is 0 Å². The Morgan fingerprint density at radius 3 is 2.21 bits per heavy atom. The summed E-state index contributed by atoms with van der Waals surface area (Å²) in [5, 5.41) is 17.4. The molecule has 0 unspecified atom stereocenters. The van der Waals surface area contributed by atoms with Gasteiger partial charge >= 0.3 is 5.97 Å². The van der Waals surface area contributed by atoms with Gasteiger partial charge in [-0.15, -0.1) is 0 Å². The van der Waals surface area contributed by atoms with Crippen molar-refractivity contribution in [3.05, 3.63) is 95.3 Å². The Hall–Kier alpha value is -3.69. The van der Waals surface area contributed by atoms with E-state index < -0.39 is 12.0 Å². The minimum atomic E-state index is -0.855. The lowest BCUT2D eigenvalue weighted by atomic mass is 10.1. The first kappa shape index (κ1) is 23.5. The monoisotopic (exact) mass is 474 g/mol. The lowest BCUT2D eigenvalue weighted by Crippen LogP contribution is -2.40. The molecule has 9 heteroatoms. The first-order valence-electron chi connectivity index (χ1n) is 11.1. The van der Waals surface area contributed by atoms with Gasteiger partial charge in [0, 0.05) is 50.0 Å². The maximum atomic E-state index is 12.4. The van der Waals surface area contributed by atoms with Gasteiger partial charge in [-0.2, -0.15) is 5.10 Å². The molecule has 0 aliphatic carbocycles. The molecule has 1 aromatic carbocycles. The highest BCUT2D eigenvalue weighted by atomic mass is 32.1. The van der Waals surface area contributed by atoms with Crippen LogP contribution in [0.25, 0.3) is 11.4 Å². The second kappa shape index (κ2) is 11.4. The number of carbonyl (C=O) groups is 1. The zero-order valence-corrected chi connectivity index (χ0v) is 19.4. The van der Waals surface area contributed by atoms with E-state index in [1.54, 1.807) is 24.8 Å². The lowest BCUT2D eigenvalue weighted by molar-refractivity contribution is -0.144. The van der Waals surface area contributed by atoms with Crippen LogP contribution in [0.1, 0.15) is 24.0 Å². The zero-order chi connectivity index (χ0) is 23.8. The first-order chi connectivity index (χ1) is 16.6. The normalized spacial score (nSPS) is 12.0. The molecule has 0 aliphatic heterocycles. The van der Waals surface area contributed by atoms with Crippen LogP contribution in [-0.2, 0) is 24.4 Å². The molecule has 0 fully saturated rings. The summed E-state index contributed by atoms with van der Waals surface area (Å²) in [6.45, 7) is 1.51. The second-order valence-electron chi connectivity index (χ2n) is 7.99. The van der Waals surface area contributed by atoms with Crippen LogP contribution < -0.4 is 0 Å². The van der Waals surface area contributed by atoms with Crippen molar-refractivity contribution in [2.45, 2.75) is 38.5 Å². The number of hydrogen-bond donors (Lipinski definition) is 2. The van der Waals surface area contributed by atoms with Crippen molar-refractivity contribution in [3.8, 4) is 11.4 Å². The van der Waals surface area contributed by atoms with E-state index in [4.69, 9.17) is 12.2 Å². The van der Waals surface area contributed by atoms with Crippen molar-refractivity contribution in [1.82, 2.24) is 29.6 Å². The number of nitrogens with one attached hydrogen (secondary N) is 1. The van der Waals surface area contributed by atoms with Gasteiger partial charge in [-0.1, -0.05) is 42.5 Å². The Balaban J connectivity index is 1.51. The molecule has 1 atom stereocenters. The third-order valence-corrected chi connectivity index (χ3v) is 5.90. The molecule has 34 heavy (non-hydrogen) atoms. The van der Waals surface area contributed by atoms with E-state index in [0.29, 0.717) is 37.2 Å². The van der Waals surface area contributed by atoms with Gasteiger partial charge in [0.25, 0.3) is 0 Å². The van der Waals surface area contributed by atoms with E-state index in [-0.39, 0.29) is 0 Å². The first-order valence-corrected chi connectivity index (χ1v) is 11.5. The van der Waals surface area contributed by atoms with Gasteiger partial charge in [-0.25, -0.2) is 0 Å². The molecular weight excluding hydrogens is 448 g/mol. The topological polar surface area (TPSA) is 99.9 Å². The Kier molecular flexibility index (Phi) is 7.90. The number of H-pyrrole nitrogens is 1. The van der Waals surface area contributed by atoms with E-state index in [2.05, 4.69) is 20.2 Å². The average molecular weight is 475 g/mol. The van der Waals surface area contributed by atoms with Crippen LogP contribution in [0, 0.1) is 4.77 Å². The molecule has 2 N–H and O–H groups in total. The Bertz CT molecular complexity index is 1200. The standard InChI is InChI=1S/C25H26N6O2S/c32-24(33)22(11-6-14-31-23(28-29-25(31)34)21-9-2-1-3-10-21)30(17-19-7-4-12-26-15-19)18-20-8-5-13-27-16-20/h1-5,7-10,12-13,15-16,22H,6,11,14,17-18H2,(H,29,34)(H,32,33)/t22-/m0/s1. The summed E-state index contributed by atoms with van der Waals surface area (Å²) in [6, 6.07) is 16.8. The van der Waals surface area contributed by atoms with Gasteiger partial charge in [-0.3, -0.25) is 24.8 Å². The summed E-state index contributed by atoms with van der Waals surface area (Å²) in [7, 11) is 0. The van der Waals surface area contributed by atoms with Crippen LogP contribution in [0.15, 0.2) is 79.4 Å². The fraction of sp³-hybridized carbons (Fsp3) is 0.240. The largest absolute Gasteiger partial charge is 0.480 e. The maximum Gasteiger partial charge on any atom is 0.320 e. The van der Waals surface area contributed by atoms with E-state index in [1.807, 2.05) is 64.1 Å². The number of aromatic nitrogens is 5. The van der Waals surface area contributed by atoms with Crippen molar-refractivity contribution >= 4 is 18.2 Å². The predicted octanol–water partition coefficient (Wildman–Crippen LogP) is 4.33. The number of pyridine rings is 2. The molecule has 8 nitrogen and oxygen atoms in total. The quantitative estimate of drug-likeness (QED) is 0.312. The predicted molar refractivity (Wildman–Crippen MR) is 131 cm³/mol. The minimum absolute atomic E-state index is 0.455. The summed E-state index contributed by atoms with van der Waals surface area (Å²) < 4.78 is 2.45.